The fourth-order valence-electron chi connectivity index (χ4n) is 7.74. The van der Waals surface area contributed by atoms with Gasteiger partial charge in [0.15, 0.2) is 0 Å². The van der Waals surface area contributed by atoms with E-state index in [0.29, 0.717) is 73.9 Å². The first-order valence-corrected chi connectivity index (χ1v) is 16.2. The van der Waals surface area contributed by atoms with Crippen LogP contribution in [0.4, 0.5) is 5.69 Å². The molecule has 12 heteroatoms. The van der Waals surface area contributed by atoms with E-state index < -0.39 is 17.4 Å². The number of anilines is 1. The van der Waals surface area contributed by atoms with E-state index in [4.69, 9.17) is 16.3 Å². The van der Waals surface area contributed by atoms with E-state index in [2.05, 4.69) is 15.5 Å². The standard InChI is InChI=1S/C33H36ClN5O6/c34-23-7-2-6-22-28(23)36-32(44)33(22)12-16-38(17-13-33)31(43)25-8-3-14-37(25)15-4-18-45-26-9-1-5-20-21(26)19-39(30(20)42)24-10-11-27(40)35-29(24)41/h1-2,5-7,9,24-25H,3-4,8,10-19H2,(H,36,44)(H,35,40,41). The summed E-state index contributed by atoms with van der Waals surface area (Å²) in [5.41, 5.74) is 2.28. The molecule has 5 amide bonds. The molecule has 0 saturated carbocycles. The molecule has 236 valence electrons. The van der Waals surface area contributed by atoms with Crippen molar-refractivity contribution in [2.75, 3.05) is 38.1 Å². The van der Waals surface area contributed by atoms with Gasteiger partial charge in [0, 0.05) is 37.2 Å². The molecule has 0 aromatic heterocycles. The van der Waals surface area contributed by atoms with E-state index >= 15 is 0 Å². The number of nitrogens with one attached hydrogen (secondary N) is 2. The number of carbonyl (C=O) groups is 5. The maximum atomic E-state index is 13.7. The van der Waals surface area contributed by atoms with Crippen LogP contribution in [0.15, 0.2) is 36.4 Å². The zero-order chi connectivity index (χ0) is 31.3. The summed E-state index contributed by atoms with van der Waals surface area (Å²) in [7, 11) is 0. The lowest BCUT2D eigenvalue weighted by Gasteiger charge is -2.39. The molecule has 2 aromatic carbocycles. The number of ether oxygens (including phenoxy) is 1. The Morgan fingerprint density at radius 2 is 1.80 bits per heavy atom. The Hall–Kier alpha value is -3.96. The van der Waals surface area contributed by atoms with Crippen molar-refractivity contribution in [2.45, 2.75) is 69.0 Å². The molecule has 2 aromatic rings. The second-order valence-electron chi connectivity index (χ2n) is 12.6. The number of para-hydroxylation sites is 1. The molecule has 7 rings (SSSR count). The van der Waals surface area contributed by atoms with Crippen molar-refractivity contribution in [2.24, 2.45) is 0 Å². The SMILES string of the molecule is O=C1CCC(N2Cc3c(OCCCN4CCCC4C(=O)N4CCC5(CC4)C(=O)Nc4c(Cl)cccc45)cccc3C2=O)C(=O)N1. The summed E-state index contributed by atoms with van der Waals surface area (Å²) in [6.45, 7) is 3.29. The number of hydrogen-bond donors (Lipinski definition) is 2. The van der Waals surface area contributed by atoms with E-state index in [1.165, 1.54) is 4.90 Å². The van der Waals surface area contributed by atoms with Crippen LogP contribution in [0.1, 0.15) is 66.4 Å². The van der Waals surface area contributed by atoms with Gasteiger partial charge in [0.2, 0.25) is 23.6 Å². The monoisotopic (exact) mass is 633 g/mol. The Balaban J connectivity index is 0.924. The topological polar surface area (TPSA) is 128 Å². The summed E-state index contributed by atoms with van der Waals surface area (Å²) in [4.78, 5) is 69.5. The number of rotatable bonds is 7. The number of likely N-dealkylation sites (tertiary alicyclic amines) is 2. The van der Waals surface area contributed by atoms with Crippen LogP contribution in [0.5, 0.6) is 5.75 Å². The zero-order valence-corrected chi connectivity index (χ0v) is 25.7. The van der Waals surface area contributed by atoms with Gasteiger partial charge in [0.05, 0.1) is 35.3 Å². The van der Waals surface area contributed by atoms with Gasteiger partial charge in [-0.3, -0.25) is 34.2 Å². The van der Waals surface area contributed by atoms with Crippen molar-refractivity contribution >= 4 is 46.8 Å². The lowest BCUT2D eigenvalue weighted by atomic mass is 9.73. The van der Waals surface area contributed by atoms with Crippen LogP contribution in [-0.4, -0.2) is 89.1 Å². The van der Waals surface area contributed by atoms with Crippen molar-refractivity contribution in [3.05, 3.63) is 58.1 Å². The lowest BCUT2D eigenvalue weighted by molar-refractivity contribution is -0.139. The maximum absolute atomic E-state index is 13.7. The molecule has 45 heavy (non-hydrogen) atoms. The van der Waals surface area contributed by atoms with Gasteiger partial charge in [0.25, 0.3) is 5.91 Å². The van der Waals surface area contributed by atoms with Gasteiger partial charge in [0.1, 0.15) is 11.8 Å². The molecule has 0 aliphatic carbocycles. The number of fused-ring (bicyclic) bond motifs is 3. The van der Waals surface area contributed by atoms with Crippen LogP contribution in [0.3, 0.4) is 0 Å². The molecular weight excluding hydrogens is 598 g/mol. The molecule has 5 aliphatic rings. The van der Waals surface area contributed by atoms with Crippen LogP contribution < -0.4 is 15.4 Å². The molecule has 2 unspecified atom stereocenters. The van der Waals surface area contributed by atoms with E-state index in [1.54, 1.807) is 18.2 Å². The molecule has 3 saturated heterocycles. The fourth-order valence-corrected chi connectivity index (χ4v) is 7.96. The van der Waals surface area contributed by atoms with Crippen LogP contribution >= 0.6 is 11.6 Å². The van der Waals surface area contributed by atoms with E-state index in [1.807, 2.05) is 23.1 Å². The summed E-state index contributed by atoms with van der Waals surface area (Å²) in [5, 5.41) is 5.84. The minimum Gasteiger partial charge on any atom is -0.493 e. The van der Waals surface area contributed by atoms with Gasteiger partial charge in [-0.05, 0) is 68.8 Å². The van der Waals surface area contributed by atoms with Crippen molar-refractivity contribution in [1.29, 1.82) is 0 Å². The molecule has 0 radical (unpaired) electrons. The smallest absolute Gasteiger partial charge is 0.255 e. The van der Waals surface area contributed by atoms with Crippen molar-refractivity contribution in [1.82, 2.24) is 20.0 Å². The van der Waals surface area contributed by atoms with E-state index in [9.17, 15) is 24.0 Å². The molecule has 11 nitrogen and oxygen atoms in total. The molecule has 2 N–H and O–H groups in total. The van der Waals surface area contributed by atoms with Crippen LogP contribution in [0, 0.1) is 0 Å². The normalized spacial score (nSPS) is 24.1. The predicted molar refractivity (Wildman–Crippen MR) is 165 cm³/mol. The molecule has 0 bridgehead atoms. The predicted octanol–water partition coefficient (Wildman–Crippen LogP) is 2.85. The van der Waals surface area contributed by atoms with E-state index in [0.717, 1.165) is 30.5 Å². The average Bonchev–Trinajstić information content (AvgIpc) is 3.71. The summed E-state index contributed by atoms with van der Waals surface area (Å²) in [5.74, 6) is -0.267. The van der Waals surface area contributed by atoms with Gasteiger partial charge in [-0.25, -0.2) is 0 Å². The minimum absolute atomic E-state index is 0.0303. The van der Waals surface area contributed by atoms with E-state index in [-0.39, 0.29) is 42.6 Å². The summed E-state index contributed by atoms with van der Waals surface area (Å²) >= 11 is 6.35. The third-order valence-corrected chi connectivity index (χ3v) is 10.5. The van der Waals surface area contributed by atoms with Gasteiger partial charge >= 0.3 is 0 Å². The number of amides is 5. The second-order valence-corrected chi connectivity index (χ2v) is 13.0. The maximum Gasteiger partial charge on any atom is 0.255 e. The van der Waals surface area contributed by atoms with Crippen LogP contribution in [0.2, 0.25) is 5.02 Å². The van der Waals surface area contributed by atoms with Crippen molar-refractivity contribution < 1.29 is 28.7 Å². The number of carbonyl (C=O) groups excluding carboxylic acids is 5. The van der Waals surface area contributed by atoms with Gasteiger partial charge < -0.3 is 19.9 Å². The number of benzene rings is 2. The second kappa shape index (κ2) is 11.8. The number of piperidine rings is 2. The number of hydrogen-bond acceptors (Lipinski definition) is 7. The Kier molecular flexibility index (Phi) is 7.77. The fraction of sp³-hybridized carbons (Fsp3) is 0.485. The summed E-state index contributed by atoms with van der Waals surface area (Å²) in [6, 6.07) is 10.1. The van der Waals surface area contributed by atoms with Crippen LogP contribution in [-0.2, 0) is 31.1 Å². The summed E-state index contributed by atoms with van der Waals surface area (Å²) < 4.78 is 6.15. The molecule has 5 aliphatic heterocycles. The largest absolute Gasteiger partial charge is 0.493 e. The van der Waals surface area contributed by atoms with Crippen molar-refractivity contribution in [3.63, 3.8) is 0 Å². The molecule has 2 atom stereocenters. The minimum atomic E-state index is -0.671. The highest BCUT2D eigenvalue weighted by molar-refractivity contribution is 6.34. The number of halogens is 1. The Morgan fingerprint density at radius 1 is 1.00 bits per heavy atom. The Morgan fingerprint density at radius 3 is 2.60 bits per heavy atom. The van der Waals surface area contributed by atoms with Gasteiger partial charge in [-0.15, -0.1) is 0 Å². The third kappa shape index (κ3) is 5.15. The van der Waals surface area contributed by atoms with Crippen LogP contribution in [0.25, 0.3) is 0 Å². The lowest BCUT2D eigenvalue weighted by Crippen LogP contribution is -2.52. The average molecular weight is 634 g/mol. The van der Waals surface area contributed by atoms with Crippen molar-refractivity contribution in [3.8, 4) is 5.75 Å². The third-order valence-electron chi connectivity index (χ3n) is 10.2. The first-order chi connectivity index (χ1) is 21.8. The molecule has 3 fully saturated rings. The highest BCUT2D eigenvalue weighted by atomic mass is 35.5. The highest BCUT2D eigenvalue weighted by Gasteiger charge is 2.50. The first-order valence-electron chi connectivity index (χ1n) is 15.8. The molecule has 5 heterocycles. The quantitative estimate of drug-likeness (QED) is 0.355. The summed E-state index contributed by atoms with van der Waals surface area (Å²) in [6.07, 6.45) is 4.14. The number of nitrogens with zero attached hydrogens (tertiary/aromatic N) is 3. The van der Waals surface area contributed by atoms with Gasteiger partial charge in [-0.1, -0.05) is 29.8 Å². The highest BCUT2D eigenvalue weighted by Crippen LogP contribution is 2.47. The zero-order valence-electron chi connectivity index (χ0n) is 25.0. The Bertz CT molecular complexity index is 1590. The Labute approximate surface area is 266 Å². The molecule has 1 spiro atoms. The first kappa shape index (κ1) is 29.7. The molecular formula is C33H36ClN5O6. The van der Waals surface area contributed by atoms with Gasteiger partial charge in [-0.2, -0.15) is 0 Å². The number of imide groups is 1.